The van der Waals surface area contributed by atoms with Crippen molar-refractivity contribution < 1.29 is 4.42 Å². The summed E-state index contributed by atoms with van der Waals surface area (Å²) in [5, 5.41) is 12.6. The molecule has 2 aromatic heterocycles. The number of nitrogens with one attached hydrogen (secondary N) is 1. The molecule has 5 nitrogen and oxygen atoms in total. The van der Waals surface area contributed by atoms with E-state index in [0.717, 1.165) is 39.9 Å². The van der Waals surface area contributed by atoms with Gasteiger partial charge >= 0.3 is 0 Å². The number of hydrogen-bond acceptors (Lipinski definition) is 4. The maximum Gasteiger partial charge on any atom is 0.148 e. The largest absolute Gasteiger partial charge is 0.458 e. The van der Waals surface area contributed by atoms with Crippen molar-refractivity contribution in [1.29, 1.82) is 0 Å². The van der Waals surface area contributed by atoms with E-state index in [0.29, 0.717) is 0 Å². The van der Waals surface area contributed by atoms with Gasteiger partial charge in [-0.2, -0.15) is 0 Å². The minimum absolute atomic E-state index is 0.0516. The van der Waals surface area contributed by atoms with Crippen molar-refractivity contribution in [3.8, 4) is 0 Å². The molecule has 6 heteroatoms. The van der Waals surface area contributed by atoms with E-state index >= 15 is 0 Å². The van der Waals surface area contributed by atoms with E-state index in [1.807, 2.05) is 25.2 Å². The van der Waals surface area contributed by atoms with E-state index in [1.165, 1.54) is 0 Å². The Labute approximate surface area is 131 Å². The molecule has 21 heavy (non-hydrogen) atoms. The van der Waals surface area contributed by atoms with Gasteiger partial charge in [-0.1, -0.05) is 24.3 Å². The number of aromatic nitrogens is 3. The van der Waals surface area contributed by atoms with Gasteiger partial charge in [0.05, 0.1) is 16.4 Å². The standard InChI is InChI=1S/C15H17BrN4O/c1-3-7-17-14(12-9-18-19-20(12)2)13-8-10-5-4-6-11(16)15(10)21-13/h4-6,8-9,14,17H,3,7H2,1-2H3. The van der Waals surface area contributed by atoms with E-state index in [-0.39, 0.29) is 6.04 Å². The molecule has 1 atom stereocenters. The monoisotopic (exact) mass is 348 g/mol. The zero-order valence-electron chi connectivity index (χ0n) is 12.0. The number of furan rings is 1. The minimum Gasteiger partial charge on any atom is -0.458 e. The van der Waals surface area contributed by atoms with Gasteiger partial charge in [-0.15, -0.1) is 5.10 Å². The number of fused-ring (bicyclic) bond motifs is 1. The normalized spacial score (nSPS) is 12.9. The zero-order valence-corrected chi connectivity index (χ0v) is 13.6. The molecule has 0 aliphatic heterocycles. The van der Waals surface area contributed by atoms with Crippen LogP contribution in [-0.4, -0.2) is 21.5 Å². The van der Waals surface area contributed by atoms with Gasteiger partial charge in [-0.3, -0.25) is 4.68 Å². The molecule has 2 heterocycles. The summed E-state index contributed by atoms with van der Waals surface area (Å²) in [6.07, 6.45) is 2.82. The van der Waals surface area contributed by atoms with Gasteiger partial charge in [0.15, 0.2) is 0 Å². The maximum absolute atomic E-state index is 6.06. The molecule has 0 bridgehead atoms. The van der Waals surface area contributed by atoms with Crippen LogP contribution in [0.15, 0.2) is 39.4 Å². The van der Waals surface area contributed by atoms with Crippen molar-refractivity contribution in [1.82, 2.24) is 20.3 Å². The van der Waals surface area contributed by atoms with Gasteiger partial charge < -0.3 is 9.73 Å². The number of halogens is 1. The van der Waals surface area contributed by atoms with Crippen LogP contribution in [0.4, 0.5) is 0 Å². The first-order valence-corrected chi connectivity index (χ1v) is 7.76. The molecule has 0 saturated carbocycles. The molecule has 1 unspecified atom stereocenters. The van der Waals surface area contributed by atoms with Gasteiger partial charge in [0, 0.05) is 12.4 Å². The number of rotatable bonds is 5. The van der Waals surface area contributed by atoms with E-state index in [1.54, 1.807) is 10.9 Å². The van der Waals surface area contributed by atoms with E-state index < -0.39 is 0 Å². The van der Waals surface area contributed by atoms with Crippen LogP contribution in [0.5, 0.6) is 0 Å². The third-order valence-corrected chi connectivity index (χ3v) is 4.07. The van der Waals surface area contributed by atoms with Crippen LogP contribution < -0.4 is 5.32 Å². The lowest BCUT2D eigenvalue weighted by atomic mass is 10.1. The summed E-state index contributed by atoms with van der Waals surface area (Å²) in [6, 6.07) is 8.05. The fraction of sp³-hybridized carbons (Fsp3) is 0.333. The second kappa shape index (κ2) is 5.99. The molecular weight excluding hydrogens is 332 g/mol. The topological polar surface area (TPSA) is 55.9 Å². The van der Waals surface area contributed by atoms with Crippen LogP contribution in [0.1, 0.15) is 30.8 Å². The van der Waals surface area contributed by atoms with Crippen LogP contribution in [-0.2, 0) is 7.05 Å². The van der Waals surface area contributed by atoms with Crippen molar-refractivity contribution in [3.63, 3.8) is 0 Å². The summed E-state index contributed by atoms with van der Waals surface area (Å²) in [5.41, 5.74) is 1.85. The highest BCUT2D eigenvalue weighted by Crippen LogP contribution is 2.31. The van der Waals surface area contributed by atoms with E-state index in [9.17, 15) is 0 Å². The Balaban J connectivity index is 2.05. The molecule has 0 saturated heterocycles. The molecule has 0 fully saturated rings. The Kier molecular flexibility index (Phi) is 4.07. The lowest BCUT2D eigenvalue weighted by molar-refractivity contribution is 0.451. The second-order valence-corrected chi connectivity index (χ2v) is 5.83. The average molecular weight is 349 g/mol. The van der Waals surface area contributed by atoms with Crippen LogP contribution >= 0.6 is 15.9 Å². The van der Waals surface area contributed by atoms with Crippen LogP contribution in [0, 0.1) is 0 Å². The Hall–Kier alpha value is -1.66. The van der Waals surface area contributed by atoms with Crippen molar-refractivity contribution in [2.24, 2.45) is 7.05 Å². The molecule has 0 amide bonds. The van der Waals surface area contributed by atoms with E-state index in [4.69, 9.17) is 4.42 Å². The summed E-state index contributed by atoms with van der Waals surface area (Å²) >= 11 is 3.53. The Morgan fingerprint density at radius 1 is 1.43 bits per heavy atom. The fourth-order valence-electron chi connectivity index (χ4n) is 2.39. The van der Waals surface area contributed by atoms with Gasteiger partial charge in [-0.05, 0) is 41.0 Å². The Bertz CT molecular complexity index is 749. The average Bonchev–Trinajstić information content (AvgIpc) is 3.07. The Morgan fingerprint density at radius 3 is 2.95 bits per heavy atom. The first-order valence-electron chi connectivity index (χ1n) is 6.96. The number of para-hydroxylation sites is 1. The molecular formula is C15H17BrN4O. The third kappa shape index (κ3) is 2.73. The maximum atomic E-state index is 6.06. The third-order valence-electron chi connectivity index (χ3n) is 3.44. The van der Waals surface area contributed by atoms with Crippen molar-refractivity contribution in [2.45, 2.75) is 19.4 Å². The summed E-state index contributed by atoms with van der Waals surface area (Å²) in [6.45, 7) is 3.04. The molecule has 0 spiro atoms. The molecule has 0 radical (unpaired) electrons. The molecule has 0 aliphatic rings. The molecule has 110 valence electrons. The quantitative estimate of drug-likeness (QED) is 0.767. The summed E-state index contributed by atoms with van der Waals surface area (Å²) in [5.74, 6) is 0.871. The van der Waals surface area contributed by atoms with Crippen molar-refractivity contribution >= 4 is 26.9 Å². The van der Waals surface area contributed by atoms with E-state index in [2.05, 4.69) is 44.5 Å². The molecule has 3 aromatic rings. The summed E-state index contributed by atoms with van der Waals surface area (Å²) in [7, 11) is 1.89. The Morgan fingerprint density at radius 2 is 2.29 bits per heavy atom. The second-order valence-electron chi connectivity index (χ2n) is 4.98. The molecule has 0 aliphatic carbocycles. The van der Waals surface area contributed by atoms with Crippen LogP contribution in [0.2, 0.25) is 0 Å². The first-order chi connectivity index (χ1) is 10.2. The van der Waals surface area contributed by atoms with Crippen LogP contribution in [0.3, 0.4) is 0 Å². The summed E-state index contributed by atoms with van der Waals surface area (Å²) < 4.78 is 8.79. The highest BCUT2D eigenvalue weighted by Gasteiger charge is 2.21. The summed E-state index contributed by atoms with van der Waals surface area (Å²) in [4.78, 5) is 0. The lowest BCUT2D eigenvalue weighted by Gasteiger charge is -2.15. The fourth-order valence-corrected chi connectivity index (χ4v) is 2.85. The number of nitrogens with zero attached hydrogens (tertiary/aromatic N) is 3. The van der Waals surface area contributed by atoms with Crippen molar-refractivity contribution in [2.75, 3.05) is 6.54 Å². The van der Waals surface area contributed by atoms with Crippen molar-refractivity contribution in [3.05, 3.63) is 46.4 Å². The lowest BCUT2D eigenvalue weighted by Crippen LogP contribution is -2.24. The van der Waals surface area contributed by atoms with Gasteiger partial charge in [0.1, 0.15) is 17.4 Å². The smallest absolute Gasteiger partial charge is 0.148 e. The molecule has 3 rings (SSSR count). The highest BCUT2D eigenvalue weighted by atomic mass is 79.9. The number of hydrogen-bond donors (Lipinski definition) is 1. The predicted molar refractivity (Wildman–Crippen MR) is 85.1 cm³/mol. The van der Waals surface area contributed by atoms with Crippen LogP contribution in [0.25, 0.3) is 11.0 Å². The zero-order chi connectivity index (χ0) is 14.8. The predicted octanol–water partition coefficient (Wildman–Crippen LogP) is 3.41. The van der Waals surface area contributed by atoms with Gasteiger partial charge in [0.25, 0.3) is 0 Å². The minimum atomic E-state index is -0.0516. The number of benzene rings is 1. The molecule has 1 aromatic carbocycles. The first kappa shape index (κ1) is 14.3. The van der Waals surface area contributed by atoms with Gasteiger partial charge in [-0.25, -0.2) is 0 Å². The number of aryl methyl sites for hydroxylation is 1. The van der Waals surface area contributed by atoms with Gasteiger partial charge in [0.2, 0.25) is 0 Å². The molecule has 1 N–H and O–H groups in total. The SMILES string of the molecule is CCCNC(c1cc2cccc(Br)c2o1)c1cnnn1C. The highest BCUT2D eigenvalue weighted by molar-refractivity contribution is 9.10.